The Hall–Kier alpha value is -1.38. The molecule has 20 heavy (non-hydrogen) atoms. The number of fused-ring (bicyclic) bond motifs is 1. The van der Waals surface area contributed by atoms with E-state index in [1.54, 1.807) is 18.2 Å². The van der Waals surface area contributed by atoms with Gasteiger partial charge in [-0.3, -0.25) is 9.52 Å². The minimum Gasteiger partial charge on any atom is -0.494 e. The maximum atomic E-state index is 11.6. The number of thiazole rings is 1. The van der Waals surface area contributed by atoms with Crippen LogP contribution in [-0.4, -0.2) is 31.0 Å². The summed E-state index contributed by atoms with van der Waals surface area (Å²) in [6, 6.07) is 5.27. The van der Waals surface area contributed by atoms with Gasteiger partial charge in [0.2, 0.25) is 15.3 Å². The van der Waals surface area contributed by atoms with Crippen LogP contribution < -0.4 is 9.46 Å². The van der Waals surface area contributed by atoms with Gasteiger partial charge in [0.1, 0.15) is 11.5 Å². The average Bonchev–Trinajstić information content (AvgIpc) is 2.67. The Morgan fingerprint density at radius 2 is 2.25 bits per heavy atom. The van der Waals surface area contributed by atoms with E-state index >= 15 is 0 Å². The molecule has 0 amide bonds. The zero-order valence-corrected chi connectivity index (χ0v) is 12.8. The average molecular weight is 335 g/mol. The van der Waals surface area contributed by atoms with E-state index < -0.39 is 21.0 Å². The maximum Gasteiger partial charge on any atom is 0.242 e. The number of carbonyl (C=O) groups excluding carboxylic acids is 1. The number of hydrogen-bond acceptors (Lipinski definition) is 6. The second-order valence-electron chi connectivity index (χ2n) is 3.80. The molecule has 0 aliphatic rings. The number of hydrogen-bond donors (Lipinski definition) is 1. The third kappa shape index (κ3) is 3.81. The van der Waals surface area contributed by atoms with E-state index in [1.807, 2.05) is 6.92 Å². The molecule has 2 aromatic rings. The van der Waals surface area contributed by atoms with E-state index in [4.69, 9.17) is 16.3 Å². The van der Waals surface area contributed by atoms with Crippen molar-refractivity contribution in [3.8, 4) is 5.75 Å². The van der Waals surface area contributed by atoms with Gasteiger partial charge < -0.3 is 4.74 Å². The summed E-state index contributed by atoms with van der Waals surface area (Å²) in [4.78, 5) is 14.8. The van der Waals surface area contributed by atoms with Crippen molar-refractivity contribution in [3.05, 3.63) is 18.2 Å². The lowest BCUT2D eigenvalue weighted by Gasteiger charge is -2.00. The van der Waals surface area contributed by atoms with E-state index in [0.29, 0.717) is 17.9 Å². The first-order valence-electron chi connectivity index (χ1n) is 5.62. The monoisotopic (exact) mass is 334 g/mol. The molecule has 0 atom stereocenters. The molecule has 6 nitrogen and oxygen atoms in total. The van der Waals surface area contributed by atoms with E-state index in [2.05, 4.69) is 9.71 Å². The molecule has 2 rings (SSSR count). The number of rotatable bonds is 6. The maximum absolute atomic E-state index is 11.6. The zero-order chi connectivity index (χ0) is 14.8. The lowest BCUT2D eigenvalue weighted by Crippen LogP contribution is -2.19. The first-order valence-corrected chi connectivity index (χ1v) is 8.46. The second kappa shape index (κ2) is 5.94. The van der Waals surface area contributed by atoms with Gasteiger partial charge in [0.05, 0.1) is 16.8 Å². The van der Waals surface area contributed by atoms with Crippen LogP contribution in [0.4, 0.5) is 5.13 Å². The summed E-state index contributed by atoms with van der Waals surface area (Å²) < 4.78 is 31.5. The van der Waals surface area contributed by atoms with E-state index in [0.717, 1.165) is 16.0 Å². The van der Waals surface area contributed by atoms with E-state index in [-0.39, 0.29) is 5.13 Å². The lowest BCUT2D eigenvalue weighted by molar-refractivity contribution is -0.109. The Morgan fingerprint density at radius 1 is 1.50 bits per heavy atom. The quantitative estimate of drug-likeness (QED) is 0.818. The van der Waals surface area contributed by atoms with Crippen LogP contribution in [0, 0.1) is 0 Å². The Labute approximate surface area is 124 Å². The molecule has 1 aromatic heterocycles. The van der Waals surface area contributed by atoms with Crippen LogP contribution in [0.3, 0.4) is 0 Å². The smallest absolute Gasteiger partial charge is 0.242 e. The Kier molecular flexibility index (Phi) is 4.46. The van der Waals surface area contributed by atoms with Crippen LogP contribution in [0.15, 0.2) is 18.2 Å². The number of nitrogens with one attached hydrogen (secondary N) is 1. The van der Waals surface area contributed by atoms with Crippen molar-refractivity contribution >= 4 is 53.6 Å². The predicted octanol–water partition coefficient (Wildman–Crippen LogP) is 2.20. The molecule has 0 aliphatic carbocycles. The highest BCUT2D eigenvalue weighted by Gasteiger charge is 2.17. The van der Waals surface area contributed by atoms with Crippen molar-refractivity contribution in [1.29, 1.82) is 0 Å². The number of benzene rings is 1. The van der Waals surface area contributed by atoms with E-state index in [1.165, 1.54) is 0 Å². The van der Waals surface area contributed by atoms with Crippen molar-refractivity contribution < 1.29 is 17.9 Å². The van der Waals surface area contributed by atoms with Gasteiger partial charge in [-0.05, 0) is 36.7 Å². The summed E-state index contributed by atoms with van der Waals surface area (Å²) in [6.45, 7) is 2.42. The fourth-order valence-electron chi connectivity index (χ4n) is 1.52. The van der Waals surface area contributed by atoms with Crippen molar-refractivity contribution in [2.45, 2.75) is 6.92 Å². The lowest BCUT2D eigenvalue weighted by atomic mass is 10.3. The fraction of sp³-hybridized carbons (Fsp3) is 0.273. The molecule has 0 saturated heterocycles. The molecule has 1 aromatic carbocycles. The first-order chi connectivity index (χ1) is 9.39. The zero-order valence-electron chi connectivity index (χ0n) is 10.4. The van der Waals surface area contributed by atoms with Gasteiger partial charge in [-0.2, -0.15) is 0 Å². The van der Waals surface area contributed by atoms with Crippen molar-refractivity contribution in [1.82, 2.24) is 4.98 Å². The standard InChI is InChI=1S/C11H11ClN2O4S2/c1-2-18-7-3-4-8-9(5-7)19-11(13-8)14-20(16,17)6-10(12)15/h3-5H,2,6H2,1H3,(H,13,14). The van der Waals surface area contributed by atoms with Gasteiger partial charge in [-0.25, -0.2) is 13.4 Å². The molecule has 1 N–H and O–H groups in total. The number of aromatic nitrogens is 1. The Bertz CT molecular complexity index is 742. The number of halogens is 1. The SMILES string of the molecule is CCOc1ccc2nc(NS(=O)(=O)CC(=O)Cl)sc2c1. The van der Waals surface area contributed by atoms with Crippen LogP contribution in [0.1, 0.15) is 6.92 Å². The molecule has 108 valence electrons. The summed E-state index contributed by atoms with van der Waals surface area (Å²) >= 11 is 6.23. The molecule has 0 unspecified atom stereocenters. The molecular weight excluding hydrogens is 324 g/mol. The topological polar surface area (TPSA) is 85.4 Å². The largest absolute Gasteiger partial charge is 0.494 e. The molecule has 0 bridgehead atoms. The summed E-state index contributed by atoms with van der Waals surface area (Å²) in [6.07, 6.45) is 0. The van der Waals surface area contributed by atoms with Gasteiger partial charge >= 0.3 is 0 Å². The van der Waals surface area contributed by atoms with Crippen molar-refractivity contribution in [2.75, 3.05) is 17.1 Å². The fourth-order valence-corrected chi connectivity index (χ4v) is 3.93. The molecule has 0 radical (unpaired) electrons. The van der Waals surface area contributed by atoms with Gasteiger partial charge in [-0.15, -0.1) is 0 Å². The van der Waals surface area contributed by atoms with Crippen molar-refractivity contribution in [2.24, 2.45) is 0 Å². The summed E-state index contributed by atoms with van der Waals surface area (Å²) in [5.41, 5.74) is 0.647. The van der Waals surface area contributed by atoms with Crippen LogP contribution in [-0.2, 0) is 14.8 Å². The van der Waals surface area contributed by atoms with Gasteiger partial charge in [0.25, 0.3) is 0 Å². The highest BCUT2D eigenvalue weighted by Crippen LogP contribution is 2.29. The molecule has 0 spiro atoms. The van der Waals surface area contributed by atoms with Crippen LogP contribution in [0.25, 0.3) is 10.2 Å². The number of ether oxygens (including phenoxy) is 1. The number of sulfonamides is 1. The van der Waals surface area contributed by atoms with Crippen LogP contribution in [0.2, 0.25) is 0 Å². The molecule has 0 saturated carbocycles. The van der Waals surface area contributed by atoms with Crippen molar-refractivity contribution in [3.63, 3.8) is 0 Å². The molecule has 1 heterocycles. The summed E-state index contributed by atoms with van der Waals surface area (Å²) in [5.74, 6) is -0.0942. The third-order valence-corrected chi connectivity index (χ3v) is 4.72. The summed E-state index contributed by atoms with van der Waals surface area (Å²) in [5, 5.41) is -0.760. The minimum atomic E-state index is -3.82. The Morgan fingerprint density at radius 3 is 2.90 bits per heavy atom. The minimum absolute atomic E-state index is 0.187. The van der Waals surface area contributed by atoms with Gasteiger partial charge in [-0.1, -0.05) is 11.3 Å². The molecule has 0 fully saturated rings. The number of carbonyl (C=O) groups is 1. The molecule has 9 heteroatoms. The van der Waals surface area contributed by atoms with Gasteiger partial charge in [0, 0.05) is 0 Å². The number of anilines is 1. The second-order valence-corrected chi connectivity index (χ2v) is 6.97. The predicted molar refractivity (Wildman–Crippen MR) is 79.1 cm³/mol. The number of nitrogens with zero attached hydrogens (tertiary/aromatic N) is 1. The molecule has 0 aliphatic heterocycles. The Balaban J connectivity index is 2.26. The van der Waals surface area contributed by atoms with Gasteiger partial charge in [0.15, 0.2) is 5.13 Å². The first kappa shape index (κ1) is 15.0. The van der Waals surface area contributed by atoms with Crippen LogP contribution >= 0.6 is 22.9 Å². The van der Waals surface area contributed by atoms with Crippen LogP contribution in [0.5, 0.6) is 5.75 Å². The summed E-state index contributed by atoms with van der Waals surface area (Å²) in [7, 11) is -3.82. The third-order valence-electron chi connectivity index (χ3n) is 2.22. The highest BCUT2D eigenvalue weighted by atomic mass is 35.5. The van der Waals surface area contributed by atoms with E-state index in [9.17, 15) is 13.2 Å². The normalized spacial score (nSPS) is 11.5. The highest BCUT2D eigenvalue weighted by molar-refractivity contribution is 7.93. The molecular formula is C11H11ClN2O4S2.